The van der Waals surface area contributed by atoms with Gasteiger partial charge in [-0.1, -0.05) is 42.5 Å². The van der Waals surface area contributed by atoms with E-state index in [1.165, 1.54) is 44.4 Å². The lowest BCUT2D eigenvalue weighted by Gasteiger charge is -2.27. The second-order valence-electron chi connectivity index (χ2n) is 6.17. The average Bonchev–Trinajstić information content (AvgIpc) is 2.52. The SMILES string of the molecule is Cc1cc(C)c(N(C)c2cccc3ccccc23)c(C)c1C. The highest BCUT2D eigenvalue weighted by molar-refractivity contribution is 5.96. The minimum absolute atomic E-state index is 1.26. The van der Waals surface area contributed by atoms with Crippen LogP contribution in [0.15, 0.2) is 48.5 Å². The molecule has 112 valence electrons. The van der Waals surface area contributed by atoms with E-state index in [4.69, 9.17) is 0 Å². The van der Waals surface area contributed by atoms with Crippen LogP contribution in [0.1, 0.15) is 22.3 Å². The van der Waals surface area contributed by atoms with Crippen LogP contribution >= 0.6 is 0 Å². The summed E-state index contributed by atoms with van der Waals surface area (Å²) in [6, 6.07) is 17.4. The van der Waals surface area contributed by atoms with Crippen LogP contribution in [0.5, 0.6) is 0 Å². The molecule has 0 aliphatic heterocycles. The summed E-state index contributed by atoms with van der Waals surface area (Å²) >= 11 is 0. The molecule has 0 aromatic heterocycles. The zero-order valence-electron chi connectivity index (χ0n) is 14.1. The van der Waals surface area contributed by atoms with Crippen molar-refractivity contribution >= 4 is 22.1 Å². The molecule has 0 saturated carbocycles. The lowest BCUT2D eigenvalue weighted by atomic mass is 9.97. The molecular weight excluding hydrogens is 266 g/mol. The highest BCUT2D eigenvalue weighted by Crippen LogP contribution is 2.36. The van der Waals surface area contributed by atoms with Gasteiger partial charge in [-0.3, -0.25) is 0 Å². The Labute approximate surface area is 133 Å². The van der Waals surface area contributed by atoms with Gasteiger partial charge < -0.3 is 4.90 Å². The van der Waals surface area contributed by atoms with E-state index in [0.717, 1.165) is 0 Å². The third kappa shape index (κ3) is 2.27. The van der Waals surface area contributed by atoms with E-state index in [1.54, 1.807) is 0 Å². The van der Waals surface area contributed by atoms with Gasteiger partial charge in [-0.15, -0.1) is 0 Å². The van der Waals surface area contributed by atoms with Crippen LogP contribution in [0.2, 0.25) is 0 Å². The molecule has 3 aromatic carbocycles. The highest BCUT2D eigenvalue weighted by atomic mass is 15.1. The topological polar surface area (TPSA) is 3.24 Å². The van der Waals surface area contributed by atoms with Crippen molar-refractivity contribution in [3.8, 4) is 0 Å². The van der Waals surface area contributed by atoms with Gasteiger partial charge in [0, 0.05) is 23.8 Å². The molecule has 0 fully saturated rings. The molecule has 0 heterocycles. The summed E-state index contributed by atoms with van der Waals surface area (Å²) in [4.78, 5) is 2.33. The quantitative estimate of drug-likeness (QED) is 0.572. The minimum atomic E-state index is 1.26. The second kappa shape index (κ2) is 5.49. The van der Waals surface area contributed by atoms with Crippen molar-refractivity contribution in [2.75, 3.05) is 11.9 Å². The zero-order valence-corrected chi connectivity index (χ0v) is 14.1. The van der Waals surface area contributed by atoms with Gasteiger partial charge in [0.25, 0.3) is 0 Å². The summed E-state index contributed by atoms with van der Waals surface area (Å²) in [5.74, 6) is 0. The smallest absolute Gasteiger partial charge is 0.0487 e. The van der Waals surface area contributed by atoms with Crippen LogP contribution in [0.4, 0.5) is 11.4 Å². The molecule has 0 bridgehead atoms. The maximum absolute atomic E-state index is 2.33. The molecule has 0 atom stereocenters. The Bertz CT molecular complexity index is 841. The molecule has 22 heavy (non-hydrogen) atoms. The summed E-state index contributed by atoms with van der Waals surface area (Å²) in [7, 11) is 2.17. The van der Waals surface area contributed by atoms with Gasteiger partial charge in [0.1, 0.15) is 0 Å². The van der Waals surface area contributed by atoms with Gasteiger partial charge in [-0.2, -0.15) is 0 Å². The van der Waals surface area contributed by atoms with Crippen molar-refractivity contribution < 1.29 is 0 Å². The third-order valence-corrected chi connectivity index (χ3v) is 4.78. The Balaban J connectivity index is 2.23. The first-order valence-corrected chi connectivity index (χ1v) is 7.79. The fourth-order valence-corrected chi connectivity index (χ4v) is 3.41. The molecule has 0 aliphatic rings. The largest absolute Gasteiger partial charge is 0.344 e. The molecule has 0 radical (unpaired) electrons. The number of nitrogens with zero attached hydrogens (tertiary/aromatic N) is 1. The van der Waals surface area contributed by atoms with Gasteiger partial charge in [0.05, 0.1) is 0 Å². The lowest BCUT2D eigenvalue weighted by Crippen LogP contribution is -2.14. The van der Waals surface area contributed by atoms with Crippen LogP contribution < -0.4 is 4.90 Å². The van der Waals surface area contributed by atoms with E-state index in [1.807, 2.05) is 0 Å². The average molecular weight is 289 g/mol. The first kappa shape index (κ1) is 14.6. The Morgan fingerprint density at radius 2 is 1.41 bits per heavy atom. The Morgan fingerprint density at radius 3 is 2.18 bits per heavy atom. The van der Waals surface area contributed by atoms with E-state index >= 15 is 0 Å². The molecule has 0 aliphatic carbocycles. The summed E-state index contributed by atoms with van der Waals surface area (Å²) in [5.41, 5.74) is 8.02. The first-order chi connectivity index (χ1) is 10.5. The van der Waals surface area contributed by atoms with Crippen LogP contribution in [-0.4, -0.2) is 7.05 Å². The molecule has 1 heteroatoms. The summed E-state index contributed by atoms with van der Waals surface area (Å²) in [6.45, 7) is 8.84. The summed E-state index contributed by atoms with van der Waals surface area (Å²) in [5, 5.41) is 2.58. The lowest BCUT2D eigenvalue weighted by molar-refractivity contribution is 1.13. The van der Waals surface area contributed by atoms with Crippen molar-refractivity contribution in [1.29, 1.82) is 0 Å². The molecule has 0 amide bonds. The van der Waals surface area contributed by atoms with Gasteiger partial charge in [0.15, 0.2) is 0 Å². The number of aryl methyl sites for hydroxylation is 2. The number of hydrogen-bond donors (Lipinski definition) is 0. The van der Waals surface area contributed by atoms with Crippen molar-refractivity contribution in [3.63, 3.8) is 0 Å². The number of hydrogen-bond acceptors (Lipinski definition) is 1. The minimum Gasteiger partial charge on any atom is -0.344 e. The number of benzene rings is 3. The van der Waals surface area contributed by atoms with Crippen LogP contribution in [0.3, 0.4) is 0 Å². The van der Waals surface area contributed by atoms with Crippen LogP contribution in [0.25, 0.3) is 10.8 Å². The fraction of sp³-hybridized carbons (Fsp3) is 0.238. The normalized spacial score (nSPS) is 11.0. The van der Waals surface area contributed by atoms with E-state index in [0.29, 0.717) is 0 Å². The maximum atomic E-state index is 2.33. The molecule has 3 aromatic rings. The van der Waals surface area contributed by atoms with Crippen molar-refractivity contribution in [2.45, 2.75) is 27.7 Å². The van der Waals surface area contributed by atoms with E-state index in [9.17, 15) is 0 Å². The predicted molar refractivity (Wildman–Crippen MR) is 97.4 cm³/mol. The number of rotatable bonds is 2. The molecule has 0 spiro atoms. The molecule has 0 saturated heterocycles. The van der Waals surface area contributed by atoms with E-state index in [2.05, 4.69) is 88.2 Å². The number of fused-ring (bicyclic) bond motifs is 1. The maximum Gasteiger partial charge on any atom is 0.0487 e. The van der Waals surface area contributed by atoms with Gasteiger partial charge in [-0.25, -0.2) is 0 Å². The van der Waals surface area contributed by atoms with Crippen molar-refractivity contribution in [2.24, 2.45) is 0 Å². The zero-order chi connectivity index (χ0) is 15.9. The predicted octanol–water partition coefficient (Wildman–Crippen LogP) is 5.84. The monoisotopic (exact) mass is 289 g/mol. The fourth-order valence-electron chi connectivity index (χ4n) is 3.41. The third-order valence-electron chi connectivity index (χ3n) is 4.78. The van der Waals surface area contributed by atoms with Crippen molar-refractivity contribution in [3.05, 3.63) is 70.8 Å². The second-order valence-corrected chi connectivity index (χ2v) is 6.17. The van der Waals surface area contributed by atoms with Gasteiger partial charge in [0.2, 0.25) is 0 Å². The summed E-state index contributed by atoms with van der Waals surface area (Å²) in [6.07, 6.45) is 0. The molecule has 3 rings (SSSR count). The van der Waals surface area contributed by atoms with Gasteiger partial charge >= 0.3 is 0 Å². The molecule has 0 unspecified atom stereocenters. The Kier molecular flexibility index (Phi) is 3.66. The standard InChI is InChI=1S/C21H23N/c1-14-13-15(2)21(17(4)16(14)3)22(5)20-12-8-10-18-9-6-7-11-19(18)20/h6-13H,1-5H3. The first-order valence-electron chi connectivity index (χ1n) is 7.79. The van der Waals surface area contributed by atoms with Crippen molar-refractivity contribution in [1.82, 2.24) is 0 Å². The number of anilines is 2. The van der Waals surface area contributed by atoms with Crippen LogP contribution in [-0.2, 0) is 0 Å². The van der Waals surface area contributed by atoms with E-state index in [-0.39, 0.29) is 0 Å². The summed E-state index contributed by atoms with van der Waals surface area (Å²) < 4.78 is 0. The highest BCUT2D eigenvalue weighted by Gasteiger charge is 2.15. The van der Waals surface area contributed by atoms with Gasteiger partial charge in [-0.05, 0) is 61.4 Å². The Morgan fingerprint density at radius 1 is 0.727 bits per heavy atom. The van der Waals surface area contributed by atoms with Crippen LogP contribution in [0, 0.1) is 27.7 Å². The molecule has 0 N–H and O–H groups in total. The molecule has 1 nitrogen and oxygen atoms in total. The Hall–Kier alpha value is -2.28. The molecular formula is C21H23N. The van der Waals surface area contributed by atoms with E-state index < -0.39 is 0 Å².